The van der Waals surface area contributed by atoms with Crippen molar-refractivity contribution in [3.8, 4) is 5.75 Å². The number of phenols is 1. The number of nitrogens with one attached hydrogen (secondary N) is 2. The van der Waals surface area contributed by atoms with Crippen LogP contribution >= 0.6 is 0 Å². The number of rotatable bonds is 5. The number of benzene rings is 2. The van der Waals surface area contributed by atoms with Gasteiger partial charge in [0.05, 0.1) is 32.4 Å². The normalized spacial score (nSPS) is 34.5. The molecule has 11 nitrogen and oxygen atoms in total. The zero-order chi connectivity index (χ0) is 37.8. The number of aromatic amines is 2. The number of carbonyl (C=O) groups is 2. The Bertz CT molecular complexity index is 2200. The molecule has 10 rings (SSSR count). The Hall–Kier alpha value is -4.16. The lowest BCUT2D eigenvalue weighted by Crippen LogP contribution is -2.68. The van der Waals surface area contributed by atoms with Gasteiger partial charge in [0.15, 0.2) is 0 Å². The SMILES string of the molecule is CC=C1CN(C)C2Cc3c([nH]c4ccccc34)C(c3c(O)ccc4c5c([nH]c34)C3(C(=O)OC)CC4CC(C(C)O)C3N(CC5)C4)CC1C2(CO)C(=O)OC. The van der Waals surface area contributed by atoms with Crippen LogP contribution in [0.2, 0.25) is 0 Å². The first-order valence-corrected chi connectivity index (χ1v) is 19.5. The molecule has 10 unspecified atom stereocenters. The van der Waals surface area contributed by atoms with Crippen LogP contribution in [0.15, 0.2) is 48.0 Å². The molecule has 5 N–H and O–H groups in total. The van der Waals surface area contributed by atoms with E-state index in [1.165, 1.54) is 14.2 Å². The molecule has 6 heterocycles. The Labute approximate surface area is 315 Å². The van der Waals surface area contributed by atoms with Crippen molar-refractivity contribution in [2.24, 2.45) is 23.2 Å². The second-order valence-corrected chi connectivity index (χ2v) is 16.9. The van der Waals surface area contributed by atoms with Crippen molar-refractivity contribution in [3.63, 3.8) is 0 Å². The van der Waals surface area contributed by atoms with Gasteiger partial charge >= 0.3 is 11.9 Å². The van der Waals surface area contributed by atoms with Crippen molar-refractivity contribution in [2.45, 2.75) is 75.5 Å². The number of carbonyl (C=O) groups excluding carboxylic acids is 2. The lowest BCUT2D eigenvalue weighted by molar-refractivity contribution is -0.169. The Balaban J connectivity index is 1.33. The number of aromatic nitrogens is 2. The predicted octanol–water partition coefficient (Wildman–Crippen LogP) is 4.52. The largest absolute Gasteiger partial charge is 0.508 e. The highest BCUT2D eigenvalue weighted by molar-refractivity contribution is 5.95. The van der Waals surface area contributed by atoms with Crippen molar-refractivity contribution in [2.75, 3.05) is 47.5 Å². The van der Waals surface area contributed by atoms with Crippen LogP contribution in [0.5, 0.6) is 5.75 Å². The summed E-state index contributed by atoms with van der Waals surface area (Å²) < 4.78 is 11.3. The van der Waals surface area contributed by atoms with E-state index in [2.05, 4.69) is 38.0 Å². The fraction of sp³-hybridized carbons (Fsp3) is 0.535. The number of aromatic hydroxyl groups is 1. The number of nitrogens with zero attached hydrogens (tertiary/aromatic N) is 2. The van der Waals surface area contributed by atoms with E-state index in [9.17, 15) is 24.9 Å². The Kier molecular flexibility index (Phi) is 8.35. The fourth-order valence-electron chi connectivity index (χ4n) is 12.5. The van der Waals surface area contributed by atoms with Crippen molar-refractivity contribution >= 4 is 33.7 Å². The molecule has 0 radical (unpaired) electrons. The molecule has 1 saturated carbocycles. The van der Waals surface area contributed by atoms with Crippen LogP contribution in [0.4, 0.5) is 0 Å². The van der Waals surface area contributed by atoms with Gasteiger partial charge in [0.1, 0.15) is 16.6 Å². The number of allylic oxidation sites excluding steroid dienone is 1. The Morgan fingerprint density at radius 1 is 1.06 bits per heavy atom. The molecule has 54 heavy (non-hydrogen) atoms. The van der Waals surface area contributed by atoms with Crippen molar-refractivity contribution in [1.82, 2.24) is 19.8 Å². The number of aliphatic hydroxyl groups excluding tert-OH is 2. The third kappa shape index (κ3) is 4.61. The van der Waals surface area contributed by atoms with Gasteiger partial charge in [0, 0.05) is 82.7 Å². The number of hydrogen-bond acceptors (Lipinski definition) is 9. The summed E-state index contributed by atoms with van der Waals surface area (Å²) in [6.07, 6.45) is 4.56. The molecular formula is C43H52N4O7. The van der Waals surface area contributed by atoms with Gasteiger partial charge in [0.25, 0.3) is 0 Å². The van der Waals surface area contributed by atoms with Crippen molar-refractivity contribution < 1.29 is 34.4 Å². The van der Waals surface area contributed by atoms with E-state index in [4.69, 9.17) is 9.47 Å². The quantitative estimate of drug-likeness (QED) is 0.147. The fourth-order valence-corrected chi connectivity index (χ4v) is 12.5. The molecule has 4 aliphatic heterocycles. The molecule has 2 aliphatic carbocycles. The standard InChI is InChI=1S/C43H52N4O7/c1-6-24-20-46(3)34-17-29-25-9-7-8-10-32(25)44-36(29)30(16-31(24)43(34,21-48)41(52)54-5)35-33(50)12-11-26-27-13-14-47-19-23-15-28(22(2)49)39(47)42(18-23,40(51)53-4)38(27)45-37(26)35/h6-12,22-23,28,30-31,34,39,44-45,48-50H,13-21H2,1-5H3. The maximum atomic E-state index is 14.4. The first-order chi connectivity index (χ1) is 26.0. The minimum atomic E-state index is -1.26. The van der Waals surface area contributed by atoms with E-state index in [-0.39, 0.29) is 42.2 Å². The van der Waals surface area contributed by atoms with Gasteiger partial charge in [-0.1, -0.05) is 29.8 Å². The summed E-state index contributed by atoms with van der Waals surface area (Å²) in [5.41, 5.74) is 5.09. The molecule has 2 aromatic carbocycles. The molecule has 286 valence electrons. The topological polar surface area (TPSA) is 151 Å². The highest BCUT2D eigenvalue weighted by Gasteiger charge is 2.64. The number of hydrogen-bond donors (Lipinski definition) is 5. The molecule has 10 atom stereocenters. The summed E-state index contributed by atoms with van der Waals surface area (Å²) >= 11 is 0. The minimum absolute atomic E-state index is 0.0945. The second-order valence-electron chi connectivity index (χ2n) is 16.9. The molecule has 2 aromatic heterocycles. The van der Waals surface area contributed by atoms with E-state index >= 15 is 0 Å². The van der Waals surface area contributed by atoms with Crippen LogP contribution in [-0.2, 0) is 37.3 Å². The second kappa shape index (κ2) is 12.7. The van der Waals surface area contributed by atoms with Gasteiger partial charge < -0.3 is 34.8 Å². The van der Waals surface area contributed by atoms with Crippen LogP contribution in [0.1, 0.15) is 67.1 Å². The third-order valence-corrected chi connectivity index (χ3v) is 14.6. The molecule has 0 amide bonds. The molecule has 6 bridgehead atoms. The summed E-state index contributed by atoms with van der Waals surface area (Å²) in [5, 5.41) is 36.7. The number of methoxy groups -OCH3 is 2. The number of esters is 2. The molecule has 11 heteroatoms. The van der Waals surface area contributed by atoms with E-state index in [1.807, 2.05) is 39.1 Å². The summed E-state index contributed by atoms with van der Waals surface area (Å²) in [6, 6.07) is 11.3. The molecule has 3 saturated heterocycles. The number of likely N-dealkylation sites (N-methyl/N-ethyl adjacent to an activating group) is 1. The van der Waals surface area contributed by atoms with Gasteiger partial charge in [-0.3, -0.25) is 19.4 Å². The lowest BCUT2D eigenvalue weighted by atomic mass is 9.56. The van der Waals surface area contributed by atoms with Gasteiger partial charge in [-0.25, -0.2) is 0 Å². The zero-order valence-electron chi connectivity index (χ0n) is 31.8. The maximum Gasteiger partial charge on any atom is 0.319 e. The molecular weight excluding hydrogens is 684 g/mol. The number of para-hydroxylation sites is 1. The number of piperidine rings is 3. The summed E-state index contributed by atoms with van der Waals surface area (Å²) in [4.78, 5) is 40.8. The van der Waals surface area contributed by atoms with Crippen molar-refractivity contribution in [3.05, 3.63) is 76.1 Å². The average Bonchev–Trinajstić information content (AvgIpc) is 3.71. The van der Waals surface area contributed by atoms with Gasteiger partial charge in [-0.2, -0.15) is 0 Å². The number of phenolic OH excluding ortho intramolecular Hbond substituents is 1. The number of fused-ring (bicyclic) bond motifs is 9. The first-order valence-electron chi connectivity index (χ1n) is 19.5. The number of H-pyrrole nitrogens is 2. The van der Waals surface area contributed by atoms with Crippen LogP contribution in [0.3, 0.4) is 0 Å². The lowest BCUT2D eigenvalue weighted by Gasteiger charge is -2.58. The molecule has 0 spiro atoms. The summed E-state index contributed by atoms with van der Waals surface area (Å²) in [5.74, 6) is -1.32. The molecule has 4 fully saturated rings. The number of ether oxygens (including phenoxy) is 2. The summed E-state index contributed by atoms with van der Waals surface area (Å²) in [6.45, 7) is 5.70. The third-order valence-electron chi connectivity index (χ3n) is 14.6. The Morgan fingerprint density at radius 3 is 2.56 bits per heavy atom. The average molecular weight is 737 g/mol. The van der Waals surface area contributed by atoms with Crippen LogP contribution < -0.4 is 0 Å². The highest BCUT2D eigenvalue weighted by Crippen LogP contribution is 2.58. The zero-order valence-corrected chi connectivity index (χ0v) is 31.8. The maximum absolute atomic E-state index is 14.4. The Morgan fingerprint density at radius 2 is 1.83 bits per heavy atom. The summed E-state index contributed by atoms with van der Waals surface area (Å²) in [7, 11) is 4.87. The van der Waals surface area contributed by atoms with E-state index in [0.29, 0.717) is 37.8 Å². The molecule has 4 aromatic rings. The van der Waals surface area contributed by atoms with Crippen LogP contribution in [0.25, 0.3) is 21.8 Å². The van der Waals surface area contributed by atoms with Gasteiger partial charge in [-0.15, -0.1) is 0 Å². The number of aliphatic hydroxyl groups is 2. The highest BCUT2D eigenvalue weighted by atomic mass is 16.5. The smallest absolute Gasteiger partial charge is 0.319 e. The monoisotopic (exact) mass is 736 g/mol. The van der Waals surface area contributed by atoms with E-state index < -0.39 is 34.7 Å². The van der Waals surface area contributed by atoms with Crippen LogP contribution in [-0.4, -0.2) is 113 Å². The van der Waals surface area contributed by atoms with Gasteiger partial charge in [-0.05, 0) is 88.2 Å². The van der Waals surface area contributed by atoms with Crippen molar-refractivity contribution in [1.29, 1.82) is 0 Å². The number of likely N-dealkylation sites (tertiary alicyclic amines) is 1. The minimum Gasteiger partial charge on any atom is -0.508 e. The predicted molar refractivity (Wildman–Crippen MR) is 204 cm³/mol. The van der Waals surface area contributed by atoms with Gasteiger partial charge in [0.2, 0.25) is 0 Å². The first kappa shape index (κ1) is 35.5. The molecule has 6 aliphatic rings. The van der Waals surface area contributed by atoms with E-state index in [0.717, 1.165) is 69.4 Å². The van der Waals surface area contributed by atoms with Crippen LogP contribution in [0, 0.1) is 23.2 Å². The van der Waals surface area contributed by atoms with E-state index in [1.54, 1.807) is 6.07 Å².